The first-order valence-corrected chi connectivity index (χ1v) is 7.52. The lowest BCUT2D eigenvalue weighted by Gasteiger charge is -2.29. The van der Waals surface area contributed by atoms with Crippen molar-refractivity contribution in [1.29, 1.82) is 0 Å². The molecule has 1 aromatic carbocycles. The van der Waals surface area contributed by atoms with Crippen LogP contribution in [0, 0.1) is 12.7 Å². The maximum atomic E-state index is 13.3. The SMILES string of the molecule is CCCCCCC(O)(CCC)c1ccc(F)c(C)c1. The van der Waals surface area contributed by atoms with Crippen molar-refractivity contribution in [2.24, 2.45) is 0 Å². The lowest BCUT2D eigenvalue weighted by molar-refractivity contribution is 0.0150. The van der Waals surface area contributed by atoms with Gasteiger partial charge in [-0.2, -0.15) is 0 Å². The molecule has 0 aliphatic rings. The third-order valence-corrected chi connectivity index (χ3v) is 3.80. The molecule has 1 N–H and O–H groups in total. The molecule has 0 aliphatic heterocycles. The van der Waals surface area contributed by atoms with Gasteiger partial charge >= 0.3 is 0 Å². The van der Waals surface area contributed by atoms with Gasteiger partial charge in [0.05, 0.1) is 5.60 Å². The van der Waals surface area contributed by atoms with Gasteiger partial charge in [-0.25, -0.2) is 4.39 Å². The smallest absolute Gasteiger partial charge is 0.126 e. The average molecular weight is 266 g/mol. The van der Waals surface area contributed by atoms with Gasteiger partial charge < -0.3 is 5.11 Å². The van der Waals surface area contributed by atoms with Crippen LogP contribution in [0.25, 0.3) is 0 Å². The quantitative estimate of drug-likeness (QED) is 0.650. The van der Waals surface area contributed by atoms with Crippen molar-refractivity contribution in [2.45, 2.75) is 71.3 Å². The molecule has 0 radical (unpaired) electrons. The van der Waals surface area contributed by atoms with Crippen LogP contribution in [-0.4, -0.2) is 5.11 Å². The molecule has 0 bridgehead atoms. The number of rotatable bonds is 8. The van der Waals surface area contributed by atoms with Gasteiger partial charge in [0.25, 0.3) is 0 Å². The number of halogens is 1. The van der Waals surface area contributed by atoms with Gasteiger partial charge in [-0.1, -0.05) is 58.1 Å². The molecule has 0 saturated carbocycles. The molecular weight excluding hydrogens is 239 g/mol. The summed E-state index contributed by atoms with van der Waals surface area (Å²) in [5.74, 6) is -0.200. The zero-order valence-electron chi connectivity index (χ0n) is 12.5. The fraction of sp³-hybridized carbons (Fsp3) is 0.647. The fourth-order valence-corrected chi connectivity index (χ4v) is 2.61. The van der Waals surface area contributed by atoms with Crippen LogP contribution in [0.5, 0.6) is 0 Å². The Morgan fingerprint density at radius 2 is 1.79 bits per heavy atom. The van der Waals surface area contributed by atoms with Crippen LogP contribution in [0.4, 0.5) is 4.39 Å². The second kappa shape index (κ2) is 7.64. The maximum Gasteiger partial charge on any atom is 0.126 e. The van der Waals surface area contributed by atoms with Crippen LogP contribution in [-0.2, 0) is 5.60 Å². The second-order valence-electron chi connectivity index (χ2n) is 5.56. The fourth-order valence-electron chi connectivity index (χ4n) is 2.61. The Morgan fingerprint density at radius 3 is 2.37 bits per heavy atom. The number of aryl methyl sites for hydroxylation is 1. The van der Waals surface area contributed by atoms with Crippen LogP contribution in [0.15, 0.2) is 18.2 Å². The summed E-state index contributed by atoms with van der Waals surface area (Å²) in [6.45, 7) is 6.01. The first-order valence-electron chi connectivity index (χ1n) is 7.52. The van der Waals surface area contributed by atoms with E-state index >= 15 is 0 Å². The molecule has 1 nitrogen and oxygen atoms in total. The van der Waals surface area contributed by atoms with Gasteiger partial charge in [0.2, 0.25) is 0 Å². The molecule has 0 saturated heterocycles. The van der Waals surface area contributed by atoms with Crippen molar-refractivity contribution in [3.8, 4) is 0 Å². The minimum absolute atomic E-state index is 0.200. The van der Waals surface area contributed by atoms with E-state index in [9.17, 15) is 9.50 Å². The van der Waals surface area contributed by atoms with E-state index in [4.69, 9.17) is 0 Å². The van der Waals surface area contributed by atoms with Gasteiger partial charge in [0.15, 0.2) is 0 Å². The Kier molecular flexibility index (Phi) is 6.50. The number of benzene rings is 1. The minimum Gasteiger partial charge on any atom is -0.385 e. The summed E-state index contributed by atoms with van der Waals surface area (Å²) >= 11 is 0. The Hall–Kier alpha value is -0.890. The second-order valence-corrected chi connectivity index (χ2v) is 5.56. The molecule has 19 heavy (non-hydrogen) atoms. The minimum atomic E-state index is -0.791. The van der Waals surface area contributed by atoms with Crippen molar-refractivity contribution in [3.63, 3.8) is 0 Å². The third kappa shape index (κ3) is 4.61. The summed E-state index contributed by atoms with van der Waals surface area (Å²) in [5, 5.41) is 10.9. The van der Waals surface area contributed by atoms with Gasteiger partial charge in [-0.05, 0) is 37.0 Å². The third-order valence-electron chi connectivity index (χ3n) is 3.80. The van der Waals surface area contributed by atoms with Crippen LogP contribution in [0.3, 0.4) is 0 Å². The molecule has 1 atom stereocenters. The molecule has 2 heteroatoms. The molecule has 0 amide bonds. The molecule has 108 valence electrons. The van der Waals surface area contributed by atoms with Gasteiger partial charge in [0.1, 0.15) is 5.82 Å². The highest BCUT2D eigenvalue weighted by atomic mass is 19.1. The summed E-state index contributed by atoms with van der Waals surface area (Å²) in [6, 6.07) is 5.00. The van der Waals surface area contributed by atoms with E-state index in [1.54, 1.807) is 19.1 Å². The zero-order chi connectivity index (χ0) is 14.3. The molecular formula is C17H27FO. The van der Waals surface area contributed by atoms with E-state index in [1.807, 2.05) is 0 Å². The van der Waals surface area contributed by atoms with E-state index in [2.05, 4.69) is 13.8 Å². The van der Waals surface area contributed by atoms with E-state index in [0.717, 1.165) is 37.7 Å². The normalized spacial score (nSPS) is 14.4. The van der Waals surface area contributed by atoms with Gasteiger partial charge in [-0.15, -0.1) is 0 Å². The van der Waals surface area contributed by atoms with Crippen LogP contribution < -0.4 is 0 Å². The van der Waals surface area contributed by atoms with Crippen molar-refractivity contribution in [1.82, 2.24) is 0 Å². The molecule has 0 fully saturated rings. The predicted octanol–water partition coefficient (Wildman–Crippen LogP) is 5.09. The largest absolute Gasteiger partial charge is 0.385 e. The Morgan fingerprint density at radius 1 is 1.05 bits per heavy atom. The van der Waals surface area contributed by atoms with E-state index < -0.39 is 5.60 Å². The van der Waals surface area contributed by atoms with Crippen LogP contribution in [0.1, 0.15) is 69.9 Å². The molecule has 0 heterocycles. The highest BCUT2D eigenvalue weighted by molar-refractivity contribution is 5.28. The van der Waals surface area contributed by atoms with Crippen molar-refractivity contribution >= 4 is 0 Å². The Bertz CT molecular complexity index is 389. The number of hydrogen-bond acceptors (Lipinski definition) is 1. The molecule has 1 aromatic rings. The highest BCUT2D eigenvalue weighted by Gasteiger charge is 2.28. The number of aliphatic hydroxyl groups is 1. The first kappa shape index (κ1) is 16.2. The first-order chi connectivity index (χ1) is 9.03. The highest BCUT2D eigenvalue weighted by Crippen LogP contribution is 2.33. The number of hydrogen-bond donors (Lipinski definition) is 1. The molecule has 1 unspecified atom stereocenters. The Balaban J connectivity index is 2.81. The summed E-state index contributed by atoms with van der Waals surface area (Å²) in [4.78, 5) is 0. The monoisotopic (exact) mass is 266 g/mol. The summed E-state index contributed by atoms with van der Waals surface area (Å²) in [6.07, 6.45) is 7.03. The van der Waals surface area contributed by atoms with E-state index in [0.29, 0.717) is 5.56 Å². The maximum absolute atomic E-state index is 13.3. The predicted molar refractivity (Wildman–Crippen MR) is 78.7 cm³/mol. The molecule has 0 aliphatic carbocycles. The van der Waals surface area contributed by atoms with Crippen LogP contribution in [0.2, 0.25) is 0 Å². The van der Waals surface area contributed by atoms with E-state index in [-0.39, 0.29) is 5.82 Å². The van der Waals surface area contributed by atoms with Crippen molar-refractivity contribution in [3.05, 3.63) is 35.1 Å². The average Bonchev–Trinajstić information content (AvgIpc) is 2.38. The van der Waals surface area contributed by atoms with Gasteiger partial charge in [-0.3, -0.25) is 0 Å². The topological polar surface area (TPSA) is 20.2 Å². The molecule has 1 rings (SSSR count). The van der Waals surface area contributed by atoms with Crippen molar-refractivity contribution < 1.29 is 9.50 Å². The van der Waals surface area contributed by atoms with Crippen molar-refractivity contribution in [2.75, 3.05) is 0 Å². The summed E-state index contributed by atoms with van der Waals surface area (Å²) in [7, 11) is 0. The van der Waals surface area contributed by atoms with Gasteiger partial charge in [0, 0.05) is 0 Å². The summed E-state index contributed by atoms with van der Waals surface area (Å²) < 4.78 is 13.3. The Labute approximate surface area is 116 Å². The molecule has 0 spiro atoms. The number of unbranched alkanes of at least 4 members (excludes halogenated alkanes) is 3. The standard InChI is InChI=1S/C17H27FO/c1-4-6-7-8-12-17(19,11-5-2)15-9-10-16(18)14(3)13-15/h9-10,13,19H,4-8,11-12H2,1-3H3. The summed E-state index contributed by atoms with van der Waals surface area (Å²) in [5.41, 5.74) is 0.686. The lowest BCUT2D eigenvalue weighted by atomic mass is 9.84. The lowest BCUT2D eigenvalue weighted by Crippen LogP contribution is -2.25. The van der Waals surface area contributed by atoms with E-state index in [1.165, 1.54) is 18.9 Å². The van der Waals surface area contributed by atoms with Crippen LogP contribution >= 0.6 is 0 Å². The zero-order valence-corrected chi connectivity index (χ0v) is 12.5. The molecule has 0 aromatic heterocycles.